The monoisotopic (exact) mass is 665 g/mol. The molecular weight excluding hydrogens is 635 g/mol. The second-order valence-electron chi connectivity index (χ2n) is 12.9. The van der Waals surface area contributed by atoms with Gasteiger partial charge in [0.2, 0.25) is 0 Å². The Hall–Kier alpha value is -7.11. The summed E-state index contributed by atoms with van der Waals surface area (Å²) in [5.41, 5.74) is 13.2. The van der Waals surface area contributed by atoms with Crippen LogP contribution in [0.4, 0.5) is 17.1 Å². The summed E-state index contributed by atoms with van der Waals surface area (Å²) < 4.78 is 2.41. The van der Waals surface area contributed by atoms with E-state index in [-0.39, 0.29) is 0 Å². The van der Waals surface area contributed by atoms with Crippen molar-refractivity contribution in [3.05, 3.63) is 188 Å². The summed E-state index contributed by atoms with van der Waals surface area (Å²) in [6.45, 7) is 0. The van der Waals surface area contributed by atoms with Gasteiger partial charge in [0.15, 0.2) is 17.5 Å². The second kappa shape index (κ2) is 12.3. The first-order valence-corrected chi connectivity index (χ1v) is 17.5. The number of hydrogen-bond donors (Lipinski definition) is 0. The minimum atomic E-state index is 0.633. The Labute approximate surface area is 301 Å². The van der Waals surface area contributed by atoms with Crippen molar-refractivity contribution in [2.75, 3.05) is 4.90 Å². The number of benzene rings is 7. The number of fused-ring (bicyclic) bond motifs is 7. The number of aromatic nitrogens is 4. The van der Waals surface area contributed by atoms with E-state index in [1.807, 2.05) is 60.7 Å². The number of rotatable bonds is 5. The minimum Gasteiger partial charge on any atom is -0.309 e. The molecule has 10 rings (SSSR count). The maximum Gasteiger partial charge on any atom is 0.164 e. The van der Waals surface area contributed by atoms with Crippen molar-refractivity contribution in [1.82, 2.24) is 19.5 Å². The lowest BCUT2D eigenvalue weighted by Crippen LogP contribution is -2.11. The van der Waals surface area contributed by atoms with Crippen molar-refractivity contribution >= 4 is 28.0 Å². The van der Waals surface area contributed by atoms with Gasteiger partial charge in [-0.05, 0) is 54.6 Å². The molecule has 7 aromatic carbocycles. The summed E-state index contributed by atoms with van der Waals surface area (Å²) in [5, 5.41) is 1.20. The van der Waals surface area contributed by atoms with E-state index in [1.165, 1.54) is 16.5 Å². The molecule has 3 heterocycles. The van der Waals surface area contributed by atoms with Crippen LogP contribution in [0.3, 0.4) is 0 Å². The van der Waals surface area contributed by atoms with Crippen LogP contribution in [-0.2, 0) is 0 Å². The van der Waals surface area contributed by atoms with Crippen molar-refractivity contribution < 1.29 is 0 Å². The first-order valence-electron chi connectivity index (χ1n) is 17.5. The lowest BCUT2D eigenvalue weighted by Gasteiger charge is -2.27. The molecule has 0 aliphatic carbocycles. The molecule has 0 bridgehead atoms. The van der Waals surface area contributed by atoms with Gasteiger partial charge in [-0.25, -0.2) is 15.0 Å². The summed E-state index contributed by atoms with van der Waals surface area (Å²) in [6, 6.07) is 65.7. The molecule has 52 heavy (non-hydrogen) atoms. The molecule has 0 amide bonds. The summed E-state index contributed by atoms with van der Waals surface area (Å²) in [5.74, 6) is 1.93. The molecular formula is C47H31N5. The zero-order valence-corrected chi connectivity index (χ0v) is 28.1. The third kappa shape index (κ3) is 4.90. The smallest absolute Gasteiger partial charge is 0.164 e. The minimum absolute atomic E-state index is 0.633. The van der Waals surface area contributed by atoms with Gasteiger partial charge in [0.05, 0.1) is 22.6 Å². The molecule has 0 saturated heterocycles. The van der Waals surface area contributed by atoms with Crippen LogP contribution in [-0.4, -0.2) is 19.5 Å². The fourth-order valence-electron chi connectivity index (χ4n) is 7.47. The molecule has 2 aromatic heterocycles. The Balaban J connectivity index is 1.18. The number of hydrogen-bond acceptors (Lipinski definition) is 4. The molecule has 0 saturated carbocycles. The summed E-state index contributed by atoms with van der Waals surface area (Å²) in [7, 11) is 0. The standard InChI is InChI=1S/C47H31N5/c1-4-16-32(17-5-1)45-48-46(33-18-6-2-7-19-33)50-47(49-45)34-28-30-36(31-29-34)52-41-26-14-11-23-38(41)43-37-22-10-13-25-40(37)51(35-20-8-3-9-21-35)42-27-15-12-24-39(42)44(43)52/h1-31H. The van der Waals surface area contributed by atoms with E-state index >= 15 is 0 Å². The fraction of sp³-hybridized carbons (Fsp3) is 0. The summed E-state index contributed by atoms with van der Waals surface area (Å²) in [4.78, 5) is 17.2. The van der Waals surface area contributed by atoms with Gasteiger partial charge in [0.1, 0.15) is 0 Å². The number of nitrogens with zero attached hydrogens (tertiary/aromatic N) is 5. The van der Waals surface area contributed by atoms with Crippen LogP contribution in [0.2, 0.25) is 0 Å². The lowest BCUT2D eigenvalue weighted by atomic mass is 9.98. The molecule has 5 nitrogen and oxygen atoms in total. The van der Waals surface area contributed by atoms with E-state index < -0.39 is 0 Å². The molecule has 1 aliphatic heterocycles. The zero-order valence-electron chi connectivity index (χ0n) is 28.1. The van der Waals surface area contributed by atoms with Crippen LogP contribution in [0, 0.1) is 0 Å². The average Bonchev–Trinajstić information content (AvgIpc) is 3.51. The highest BCUT2D eigenvalue weighted by Gasteiger charge is 2.31. The quantitative estimate of drug-likeness (QED) is 0.184. The summed E-state index contributed by atoms with van der Waals surface area (Å²) >= 11 is 0. The molecule has 0 N–H and O–H groups in total. The first kappa shape index (κ1) is 29.8. The molecule has 9 aromatic rings. The molecule has 0 spiro atoms. The Kier molecular flexibility index (Phi) is 7.07. The first-order chi connectivity index (χ1) is 25.8. The predicted molar refractivity (Wildman–Crippen MR) is 212 cm³/mol. The Morgan fingerprint density at radius 1 is 0.346 bits per heavy atom. The Morgan fingerprint density at radius 2 is 0.808 bits per heavy atom. The second-order valence-corrected chi connectivity index (χ2v) is 12.9. The van der Waals surface area contributed by atoms with Crippen LogP contribution in [0.15, 0.2) is 188 Å². The third-order valence-corrected chi connectivity index (χ3v) is 9.79. The van der Waals surface area contributed by atoms with E-state index in [1.54, 1.807) is 0 Å². The van der Waals surface area contributed by atoms with Crippen LogP contribution in [0.5, 0.6) is 0 Å². The van der Waals surface area contributed by atoms with E-state index in [4.69, 9.17) is 15.0 Å². The van der Waals surface area contributed by atoms with Crippen molar-refractivity contribution in [2.24, 2.45) is 0 Å². The fourth-order valence-corrected chi connectivity index (χ4v) is 7.47. The molecule has 0 fully saturated rings. The highest BCUT2D eigenvalue weighted by molar-refractivity contribution is 6.12. The SMILES string of the molecule is c1ccc(-c2nc(-c3ccccc3)nc(-c3ccc(-n4c5c(c6ccccc64)-c4ccccc4N(c4ccccc4)c4ccccc4-5)cc3)n2)cc1. The zero-order chi connectivity index (χ0) is 34.4. The average molecular weight is 666 g/mol. The summed E-state index contributed by atoms with van der Waals surface area (Å²) in [6.07, 6.45) is 0. The maximum atomic E-state index is 4.98. The van der Waals surface area contributed by atoms with E-state index in [0.717, 1.165) is 56.2 Å². The van der Waals surface area contributed by atoms with Gasteiger partial charge < -0.3 is 9.47 Å². The Morgan fingerprint density at radius 3 is 1.42 bits per heavy atom. The van der Waals surface area contributed by atoms with Gasteiger partial charge in [-0.1, -0.05) is 133 Å². The van der Waals surface area contributed by atoms with Crippen molar-refractivity contribution in [1.29, 1.82) is 0 Å². The van der Waals surface area contributed by atoms with Crippen molar-refractivity contribution in [2.45, 2.75) is 0 Å². The van der Waals surface area contributed by atoms with E-state index in [0.29, 0.717) is 17.5 Å². The van der Waals surface area contributed by atoms with E-state index in [2.05, 4.69) is 137 Å². The third-order valence-electron chi connectivity index (χ3n) is 9.79. The molecule has 0 atom stereocenters. The lowest BCUT2D eigenvalue weighted by molar-refractivity contribution is 1.07. The van der Waals surface area contributed by atoms with Crippen LogP contribution in [0.25, 0.3) is 73.1 Å². The van der Waals surface area contributed by atoms with Crippen LogP contribution >= 0.6 is 0 Å². The number of para-hydroxylation sites is 4. The van der Waals surface area contributed by atoms with Gasteiger partial charge in [-0.3, -0.25) is 0 Å². The molecule has 0 unspecified atom stereocenters. The molecule has 0 radical (unpaired) electrons. The molecule has 5 heteroatoms. The maximum absolute atomic E-state index is 4.98. The topological polar surface area (TPSA) is 46.8 Å². The van der Waals surface area contributed by atoms with Crippen molar-refractivity contribution in [3.8, 4) is 62.2 Å². The highest BCUT2D eigenvalue weighted by atomic mass is 15.2. The van der Waals surface area contributed by atoms with Gasteiger partial charge in [-0.2, -0.15) is 0 Å². The van der Waals surface area contributed by atoms with Gasteiger partial charge in [0, 0.05) is 50.1 Å². The molecule has 244 valence electrons. The Bertz CT molecular complexity index is 2660. The van der Waals surface area contributed by atoms with Crippen LogP contribution in [0.1, 0.15) is 0 Å². The predicted octanol–water partition coefficient (Wildman–Crippen LogP) is 11.9. The highest BCUT2D eigenvalue weighted by Crippen LogP contribution is 2.54. The normalized spacial score (nSPS) is 11.8. The van der Waals surface area contributed by atoms with Crippen molar-refractivity contribution in [3.63, 3.8) is 0 Å². The largest absolute Gasteiger partial charge is 0.309 e. The van der Waals surface area contributed by atoms with Gasteiger partial charge >= 0.3 is 0 Å². The van der Waals surface area contributed by atoms with Gasteiger partial charge in [-0.15, -0.1) is 0 Å². The van der Waals surface area contributed by atoms with Crippen LogP contribution < -0.4 is 4.90 Å². The number of anilines is 3. The molecule has 1 aliphatic rings. The van der Waals surface area contributed by atoms with Gasteiger partial charge in [0.25, 0.3) is 0 Å². The van der Waals surface area contributed by atoms with E-state index in [9.17, 15) is 0 Å².